The number of amides is 1. The van der Waals surface area contributed by atoms with Crippen molar-refractivity contribution in [3.05, 3.63) is 64.9 Å². The van der Waals surface area contributed by atoms with E-state index >= 15 is 0 Å². The number of nitrogens with one attached hydrogen (secondary N) is 1. The van der Waals surface area contributed by atoms with Crippen LogP contribution in [0.15, 0.2) is 42.5 Å². The first-order chi connectivity index (χ1) is 13.8. The van der Waals surface area contributed by atoms with Crippen LogP contribution in [-0.2, 0) is 11.0 Å². The summed E-state index contributed by atoms with van der Waals surface area (Å²) in [6.45, 7) is 0. The number of halogens is 3. The molecule has 0 bridgehead atoms. The fourth-order valence-corrected chi connectivity index (χ4v) is 3.60. The number of carbonyl (C=O) groups is 1. The molecular weight excluding hydrogens is 381 g/mol. The lowest BCUT2D eigenvalue weighted by atomic mass is 9.97. The second kappa shape index (κ2) is 7.54. The maximum Gasteiger partial charge on any atom is 0.416 e. The fourth-order valence-electron chi connectivity index (χ4n) is 3.60. The van der Waals surface area contributed by atoms with Crippen LogP contribution in [0.2, 0.25) is 0 Å². The van der Waals surface area contributed by atoms with Crippen LogP contribution in [0.4, 0.5) is 13.2 Å². The lowest BCUT2D eigenvalue weighted by molar-refractivity contribution is -0.137. The van der Waals surface area contributed by atoms with Gasteiger partial charge in [-0.3, -0.25) is 4.79 Å². The maximum absolute atomic E-state index is 12.9. The fraction of sp³-hybridized carbons (Fsp3) is 0.364. The minimum absolute atomic E-state index is 0.0346. The number of carbonyl (C=O) groups excluding carboxylic acids is 1. The molecule has 1 aliphatic heterocycles. The Hall–Kier alpha value is -2.83. The Morgan fingerprint density at radius 2 is 1.86 bits per heavy atom. The average molecular weight is 402 g/mol. The van der Waals surface area contributed by atoms with Gasteiger partial charge < -0.3 is 10.1 Å². The zero-order valence-electron chi connectivity index (χ0n) is 15.9. The highest BCUT2D eigenvalue weighted by Crippen LogP contribution is 2.44. The van der Waals surface area contributed by atoms with Gasteiger partial charge in [0.15, 0.2) is 0 Å². The molecule has 1 amide bonds. The Bertz CT molecular complexity index is 948. The summed E-state index contributed by atoms with van der Waals surface area (Å²) in [7, 11) is 1.57. The quantitative estimate of drug-likeness (QED) is 0.789. The van der Waals surface area contributed by atoms with E-state index < -0.39 is 11.7 Å². The molecule has 1 aliphatic carbocycles. The largest absolute Gasteiger partial charge is 0.481 e. The summed E-state index contributed by atoms with van der Waals surface area (Å²) >= 11 is 0. The molecule has 4 rings (SSSR count). The van der Waals surface area contributed by atoms with E-state index in [1.165, 1.54) is 12.1 Å². The molecule has 1 atom stereocenters. The van der Waals surface area contributed by atoms with Crippen molar-refractivity contribution in [3.63, 3.8) is 0 Å². The molecule has 1 saturated carbocycles. The molecule has 1 N–H and O–H groups in total. The number of benzene rings is 1. The van der Waals surface area contributed by atoms with E-state index in [1.54, 1.807) is 7.11 Å². The van der Waals surface area contributed by atoms with Gasteiger partial charge in [0, 0.05) is 23.6 Å². The summed E-state index contributed by atoms with van der Waals surface area (Å²) < 4.78 is 44.3. The van der Waals surface area contributed by atoms with E-state index in [2.05, 4.69) is 10.3 Å². The number of rotatable bonds is 5. The normalized spacial score (nSPS) is 19.9. The van der Waals surface area contributed by atoms with Crippen LogP contribution in [0.1, 0.15) is 54.0 Å². The van der Waals surface area contributed by atoms with Crippen molar-refractivity contribution in [2.45, 2.75) is 43.8 Å². The molecule has 1 saturated heterocycles. The first-order valence-corrected chi connectivity index (χ1v) is 9.59. The standard InChI is InChI=1S/C22H21F3N2O2/c1-29-21-17(13-2-3-13)9-10-19(27-21)18(12-16-8-11-20(28)26-16)14-4-6-15(7-5-14)22(23,24)25/h4-7,9-10,12-13,16H,2-3,8,11H2,1H3,(H,26,28)/b18-12+/t16-/m1/s1. The van der Waals surface area contributed by atoms with Gasteiger partial charge in [-0.2, -0.15) is 13.2 Å². The Kier molecular flexibility index (Phi) is 5.06. The molecule has 1 aromatic heterocycles. The highest BCUT2D eigenvalue weighted by molar-refractivity contribution is 5.82. The van der Waals surface area contributed by atoms with Gasteiger partial charge in [-0.15, -0.1) is 0 Å². The molecule has 2 aliphatic rings. The molecule has 2 heterocycles. The number of aromatic nitrogens is 1. The Morgan fingerprint density at radius 3 is 2.41 bits per heavy atom. The van der Waals surface area contributed by atoms with Gasteiger partial charge in [-0.25, -0.2) is 4.98 Å². The zero-order chi connectivity index (χ0) is 20.6. The molecule has 2 aromatic rings. The third-order valence-corrected chi connectivity index (χ3v) is 5.30. The number of alkyl halides is 3. The van der Waals surface area contributed by atoms with Crippen molar-refractivity contribution in [2.75, 3.05) is 7.11 Å². The first-order valence-electron chi connectivity index (χ1n) is 9.59. The monoisotopic (exact) mass is 402 g/mol. The van der Waals surface area contributed by atoms with Crippen molar-refractivity contribution < 1.29 is 22.7 Å². The van der Waals surface area contributed by atoms with Crippen LogP contribution >= 0.6 is 0 Å². The average Bonchev–Trinajstić information content (AvgIpc) is 3.46. The number of hydrogen-bond donors (Lipinski definition) is 1. The van der Waals surface area contributed by atoms with Gasteiger partial charge in [-0.05, 0) is 48.9 Å². The lowest BCUT2D eigenvalue weighted by Gasteiger charge is -2.15. The van der Waals surface area contributed by atoms with Crippen LogP contribution < -0.4 is 10.1 Å². The van der Waals surface area contributed by atoms with Crippen LogP contribution in [0.5, 0.6) is 5.88 Å². The summed E-state index contributed by atoms with van der Waals surface area (Å²) in [5.74, 6) is 0.963. The molecule has 7 heteroatoms. The van der Waals surface area contributed by atoms with Crippen LogP contribution in [0, 0.1) is 0 Å². The van der Waals surface area contributed by atoms with E-state index in [0.717, 1.165) is 30.5 Å². The molecule has 4 nitrogen and oxygen atoms in total. The van der Waals surface area contributed by atoms with Gasteiger partial charge in [0.2, 0.25) is 11.8 Å². The Morgan fingerprint density at radius 1 is 1.14 bits per heavy atom. The van der Waals surface area contributed by atoms with Gasteiger partial charge in [0.1, 0.15) is 0 Å². The van der Waals surface area contributed by atoms with Crippen LogP contribution in [0.25, 0.3) is 5.57 Å². The minimum Gasteiger partial charge on any atom is -0.481 e. The summed E-state index contributed by atoms with van der Waals surface area (Å²) in [5.41, 5.74) is 2.23. The Labute approximate surface area is 166 Å². The SMILES string of the molecule is COc1nc(/C(=C/[C@H]2CCC(=O)N2)c2ccc(C(F)(F)F)cc2)ccc1C1CC1. The molecule has 29 heavy (non-hydrogen) atoms. The van der Waals surface area contributed by atoms with E-state index in [0.29, 0.717) is 41.5 Å². The van der Waals surface area contributed by atoms with Crippen molar-refractivity contribution in [3.8, 4) is 5.88 Å². The van der Waals surface area contributed by atoms with Gasteiger partial charge >= 0.3 is 6.18 Å². The molecule has 0 radical (unpaired) electrons. The third kappa shape index (κ3) is 4.28. The Balaban J connectivity index is 1.74. The van der Waals surface area contributed by atoms with E-state index in [9.17, 15) is 18.0 Å². The van der Waals surface area contributed by atoms with E-state index in [4.69, 9.17) is 4.74 Å². The third-order valence-electron chi connectivity index (χ3n) is 5.30. The van der Waals surface area contributed by atoms with Crippen molar-refractivity contribution in [2.24, 2.45) is 0 Å². The topological polar surface area (TPSA) is 51.2 Å². The van der Waals surface area contributed by atoms with Gasteiger partial charge in [0.25, 0.3) is 0 Å². The predicted octanol–water partition coefficient (Wildman–Crippen LogP) is 4.70. The summed E-state index contributed by atoms with van der Waals surface area (Å²) in [4.78, 5) is 16.2. The number of hydrogen-bond acceptors (Lipinski definition) is 3. The first kappa shape index (κ1) is 19.5. The number of methoxy groups -OCH3 is 1. The molecule has 1 aromatic carbocycles. The smallest absolute Gasteiger partial charge is 0.416 e. The van der Waals surface area contributed by atoms with E-state index in [1.807, 2.05) is 18.2 Å². The molecular formula is C22H21F3N2O2. The van der Waals surface area contributed by atoms with Crippen molar-refractivity contribution in [1.82, 2.24) is 10.3 Å². The second-order valence-electron chi connectivity index (χ2n) is 7.44. The number of ether oxygens (including phenoxy) is 1. The molecule has 0 spiro atoms. The van der Waals surface area contributed by atoms with Crippen LogP contribution in [0.3, 0.4) is 0 Å². The summed E-state index contributed by atoms with van der Waals surface area (Å²) in [5, 5.41) is 2.87. The summed E-state index contributed by atoms with van der Waals surface area (Å²) in [6.07, 6.45) is 0.751. The second-order valence-corrected chi connectivity index (χ2v) is 7.44. The van der Waals surface area contributed by atoms with E-state index in [-0.39, 0.29) is 11.9 Å². The highest BCUT2D eigenvalue weighted by Gasteiger charge is 2.31. The zero-order valence-corrected chi connectivity index (χ0v) is 15.9. The van der Waals surface area contributed by atoms with Crippen molar-refractivity contribution in [1.29, 1.82) is 0 Å². The number of pyridine rings is 1. The molecule has 0 unspecified atom stereocenters. The predicted molar refractivity (Wildman–Crippen MR) is 102 cm³/mol. The summed E-state index contributed by atoms with van der Waals surface area (Å²) in [6, 6.07) is 8.66. The van der Waals surface area contributed by atoms with Gasteiger partial charge in [0.05, 0.1) is 18.4 Å². The van der Waals surface area contributed by atoms with Crippen molar-refractivity contribution >= 4 is 11.5 Å². The molecule has 2 fully saturated rings. The molecule has 152 valence electrons. The number of nitrogens with zero attached hydrogens (tertiary/aromatic N) is 1. The van der Waals surface area contributed by atoms with Gasteiger partial charge in [-0.1, -0.05) is 24.3 Å². The maximum atomic E-state index is 12.9. The lowest BCUT2D eigenvalue weighted by Crippen LogP contribution is -2.23. The van der Waals surface area contributed by atoms with Crippen LogP contribution in [-0.4, -0.2) is 24.0 Å². The minimum atomic E-state index is -4.39. The highest BCUT2D eigenvalue weighted by atomic mass is 19.4.